The number of rotatable bonds is 16. The van der Waals surface area contributed by atoms with E-state index in [-0.39, 0.29) is 24.3 Å². The summed E-state index contributed by atoms with van der Waals surface area (Å²) in [6.45, 7) is -1.50. The molecule has 42 heavy (non-hydrogen) atoms. The highest BCUT2D eigenvalue weighted by Gasteiger charge is 2.23. The predicted molar refractivity (Wildman–Crippen MR) is 154 cm³/mol. The monoisotopic (exact) mass is 602 g/mol. The number of phenolic OH excluding ortho intramolecular Hbond substituents is 1. The van der Waals surface area contributed by atoms with Crippen molar-refractivity contribution in [2.24, 2.45) is 5.73 Å². The summed E-state index contributed by atoms with van der Waals surface area (Å²) < 4.78 is 0. The van der Waals surface area contributed by atoms with Crippen LogP contribution in [0.25, 0.3) is 0 Å². The van der Waals surface area contributed by atoms with E-state index in [1.807, 2.05) is 0 Å². The molecule has 0 heterocycles. The Bertz CT molecular complexity index is 1240. The zero-order valence-corrected chi connectivity index (χ0v) is 23.4. The zero-order valence-electron chi connectivity index (χ0n) is 22.5. The molecule has 0 unspecified atom stereocenters. The molecule has 0 radical (unpaired) electrons. The second-order valence-corrected chi connectivity index (χ2v) is 9.51. The normalized spacial score (nSPS) is 12.6. The minimum Gasteiger partial charge on any atom is -0.508 e. The highest BCUT2D eigenvalue weighted by Crippen LogP contribution is 2.11. The van der Waals surface area contributed by atoms with Crippen LogP contribution in [0.1, 0.15) is 11.1 Å². The van der Waals surface area contributed by atoms with Crippen molar-refractivity contribution < 1.29 is 39.0 Å². The Morgan fingerprint density at radius 3 is 1.81 bits per heavy atom. The van der Waals surface area contributed by atoms with E-state index in [1.54, 1.807) is 42.5 Å². The first-order valence-corrected chi connectivity index (χ1v) is 13.4. The Balaban J connectivity index is 1.88. The molecular formula is C27H34N6O8S. The van der Waals surface area contributed by atoms with Gasteiger partial charge in [0.25, 0.3) is 0 Å². The smallest absolute Gasteiger partial charge is 0.327 e. The van der Waals surface area contributed by atoms with Gasteiger partial charge in [0.2, 0.25) is 29.5 Å². The molecule has 0 aliphatic carbocycles. The maximum absolute atomic E-state index is 12.9. The number of phenols is 1. The van der Waals surface area contributed by atoms with Gasteiger partial charge in [-0.3, -0.25) is 24.0 Å². The Labute approximate surface area is 247 Å². The van der Waals surface area contributed by atoms with Gasteiger partial charge in [-0.05, 0) is 29.7 Å². The average Bonchev–Trinajstić information content (AvgIpc) is 2.97. The number of nitrogens with one attached hydrogen (secondary N) is 5. The van der Waals surface area contributed by atoms with Crippen molar-refractivity contribution in [1.82, 2.24) is 26.6 Å². The van der Waals surface area contributed by atoms with Crippen LogP contribution in [0.15, 0.2) is 54.6 Å². The van der Waals surface area contributed by atoms with Gasteiger partial charge in [0.05, 0.1) is 25.7 Å². The molecule has 9 N–H and O–H groups in total. The van der Waals surface area contributed by atoms with Gasteiger partial charge in [0, 0.05) is 12.2 Å². The van der Waals surface area contributed by atoms with Crippen molar-refractivity contribution >= 4 is 48.1 Å². The van der Waals surface area contributed by atoms with Crippen molar-refractivity contribution in [1.29, 1.82) is 0 Å². The number of hydrogen-bond donors (Lipinski definition) is 9. The minimum absolute atomic E-state index is 0.0751. The SMILES string of the molecule is N[C@H](Cc1ccc(O)cc1)C(=O)NCC(=O)N[C@H](Cc1ccccc1)C(=O)NCC(=O)NCC(=O)N[C@H](CS)C(=O)O. The third-order valence-electron chi connectivity index (χ3n) is 5.77. The quantitative estimate of drug-likeness (QED) is 0.0952. The van der Waals surface area contributed by atoms with E-state index in [2.05, 4.69) is 39.2 Å². The first-order chi connectivity index (χ1) is 20.0. The molecule has 0 bridgehead atoms. The second-order valence-electron chi connectivity index (χ2n) is 9.14. The molecule has 0 saturated heterocycles. The molecule has 0 aliphatic heterocycles. The first-order valence-electron chi connectivity index (χ1n) is 12.8. The summed E-state index contributed by atoms with van der Waals surface area (Å²) in [5, 5.41) is 30.1. The maximum atomic E-state index is 12.9. The van der Waals surface area contributed by atoms with Gasteiger partial charge >= 0.3 is 5.97 Å². The number of amides is 5. The number of carbonyl (C=O) groups is 6. The summed E-state index contributed by atoms with van der Waals surface area (Å²) in [7, 11) is 0. The molecule has 0 spiro atoms. The van der Waals surface area contributed by atoms with E-state index in [0.717, 1.165) is 5.56 Å². The second kappa shape index (κ2) is 17.2. The number of benzene rings is 2. The van der Waals surface area contributed by atoms with E-state index in [0.29, 0.717) is 5.56 Å². The first kappa shape index (κ1) is 33.6. The molecule has 0 fully saturated rings. The number of aromatic hydroxyl groups is 1. The van der Waals surface area contributed by atoms with Crippen LogP contribution in [-0.4, -0.2) is 89.2 Å². The van der Waals surface area contributed by atoms with Gasteiger partial charge in [-0.25, -0.2) is 4.79 Å². The van der Waals surface area contributed by atoms with Crippen molar-refractivity contribution in [2.75, 3.05) is 25.4 Å². The van der Waals surface area contributed by atoms with Crippen LogP contribution in [0.4, 0.5) is 0 Å². The molecule has 3 atom stereocenters. The number of carbonyl (C=O) groups excluding carboxylic acids is 5. The Morgan fingerprint density at radius 2 is 1.21 bits per heavy atom. The number of hydrogen-bond acceptors (Lipinski definition) is 9. The molecule has 2 aromatic carbocycles. The molecule has 0 saturated carbocycles. The van der Waals surface area contributed by atoms with E-state index in [4.69, 9.17) is 10.8 Å². The van der Waals surface area contributed by atoms with E-state index in [1.165, 1.54) is 12.1 Å². The van der Waals surface area contributed by atoms with Gasteiger partial charge in [0.1, 0.15) is 17.8 Å². The lowest BCUT2D eigenvalue weighted by Gasteiger charge is -2.19. The lowest BCUT2D eigenvalue weighted by Crippen LogP contribution is -2.53. The standard InChI is InChI=1S/C27H34N6O8S/c28-19(10-17-6-8-18(34)9-7-17)25(38)30-14-24(37)32-20(11-16-4-2-1-3-5-16)26(39)31-12-22(35)29-13-23(36)33-21(15-42)27(40)41/h1-9,19-21,34,42H,10-15,28H2,(H,29,35)(H,30,38)(H,31,39)(H,32,37)(H,33,36)(H,40,41)/t19-,20-,21-/m1/s1. The van der Waals surface area contributed by atoms with Gasteiger partial charge < -0.3 is 42.5 Å². The number of carboxylic acid groups (broad SMARTS) is 1. The van der Waals surface area contributed by atoms with Crippen LogP contribution in [0.3, 0.4) is 0 Å². The minimum atomic E-state index is -1.28. The summed E-state index contributed by atoms with van der Waals surface area (Å²) in [4.78, 5) is 72.8. The lowest BCUT2D eigenvalue weighted by atomic mass is 10.0. The zero-order chi connectivity index (χ0) is 31.1. The van der Waals surface area contributed by atoms with E-state index >= 15 is 0 Å². The van der Waals surface area contributed by atoms with Crippen molar-refractivity contribution in [3.05, 3.63) is 65.7 Å². The third-order valence-corrected chi connectivity index (χ3v) is 6.14. The van der Waals surface area contributed by atoms with E-state index < -0.39 is 73.3 Å². The highest BCUT2D eigenvalue weighted by atomic mass is 32.1. The summed E-state index contributed by atoms with van der Waals surface area (Å²) >= 11 is 3.83. The number of carboxylic acids is 1. The largest absolute Gasteiger partial charge is 0.508 e. The maximum Gasteiger partial charge on any atom is 0.327 e. The van der Waals surface area contributed by atoms with Crippen molar-refractivity contribution in [3.8, 4) is 5.75 Å². The third kappa shape index (κ3) is 12.3. The number of aliphatic carboxylic acids is 1. The summed E-state index contributed by atoms with van der Waals surface area (Å²) in [5.74, 6) is -4.78. The average molecular weight is 603 g/mol. The number of thiol groups is 1. The molecule has 2 aromatic rings. The topological polar surface area (TPSA) is 229 Å². The lowest BCUT2D eigenvalue weighted by molar-refractivity contribution is -0.141. The molecular weight excluding hydrogens is 568 g/mol. The molecule has 0 aliphatic rings. The molecule has 226 valence electrons. The van der Waals surface area contributed by atoms with Crippen molar-refractivity contribution in [3.63, 3.8) is 0 Å². The van der Waals surface area contributed by atoms with Crippen LogP contribution in [-0.2, 0) is 41.6 Å². The molecule has 2 rings (SSSR count). The van der Waals surface area contributed by atoms with Crippen LogP contribution in [0.2, 0.25) is 0 Å². The van der Waals surface area contributed by atoms with Crippen LogP contribution < -0.4 is 32.3 Å². The van der Waals surface area contributed by atoms with Gasteiger partial charge in [-0.2, -0.15) is 12.6 Å². The predicted octanol–water partition coefficient (Wildman–Crippen LogP) is -2.16. The van der Waals surface area contributed by atoms with Crippen molar-refractivity contribution in [2.45, 2.75) is 31.0 Å². The Hall–Kier alpha value is -4.63. The molecule has 15 heteroatoms. The molecule has 14 nitrogen and oxygen atoms in total. The summed E-state index contributed by atoms with van der Waals surface area (Å²) in [6, 6.07) is 11.7. The molecule has 0 aromatic heterocycles. The van der Waals surface area contributed by atoms with Crippen LogP contribution in [0, 0.1) is 0 Å². The fourth-order valence-corrected chi connectivity index (χ4v) is 3.79. The summed E-state index contributed by atoms with van der Waals surface area (Å²) in [6.07, 6.45) is 0.253. The highest BCUT2D eigenvalue weighted by molar-refractivity contribution is 7.80. The van der Waals surface area contributed by atoms with E-state index in [9.17, 15) is 33.9 Å². The van der Waals surface area contributed by atoms with Gasteiger partial charge in [0.15, 0.2) is 0 Å². The Kier molecular flexibility index (Phi) is 13.8. The van der Waals surface area contributed by atoms with Gasteiger partial charge in [-0.1, -0.05) is 42.5 Å². The Morgan fingerprint density at radius 1 is 0.690 bits per heavy atom. The van der Waals surface area contributed by atoms with Crippen LogP contribution >= 0.6 is 12.6 Å². The number of nitrogens with two attached hydrogens (primary N) is 1. The molecule has 5 amide bonds. The van der Waals surface area contributed by atoms with Crippen LogP contribution in [0.5, 0.6) is 5.75 Å². The fourth-order valence-electron chi connectivity index (χ4n) is 3.54. The summed E-state index contributed by atoms with van der Waals surface area (Å²) in [5.41, 5.74) is 7.35. The fraction of sp³-hybridized carbons (Fsp3) is 0.333. The van der Waals surface area contributed by atoms with Gasteiger partial charge in [-0.15, -0.1) is 0 Å².